The van der Waals surface area contributed by atoms with Crippen molar-refractivity contribution >= 4 is 23.4 Å². The molecule has 0 aliphatic heterocycles. The van der Waals surface area contributed by atoms with Gasteiger partial charge in [0.15, 0.2) is 6.10 Å². The van der Waals surface area contributed by atoms with Crippen LogP contribution in [0.5, 0.6) is 5.75 Å². The average molecular weight is 423 g/mol. The van der Waals surface area contributed by atoms with Gasteiger partial charge in [-0.15, -0.1) is 0 Å². The summed E-state index contributed by atoms with van der Waals surface area (Å²) in [5, 5.41) is 0.644. The summed E-state index contributed by atoms with van der Waals surface area (Å²) in [4.78, 5) is 25.5. The number of carbonyl (C=O) groups excluding carboxylic acids is 2. The Morgan fingerprint density at radius 3 is 2.37 bits per heavy atom. The predicted molar refractivity (Wildman–Crippen MR) is 117 cm³/mol. The summed E-state index contributed by atoms with van der Waals surface area (Å²) in [6, 6.07) is 19.7. The number of hydrogen-bond acceptors (Lipinski definition) is 4. The largest absolute Gasteiger partial charge is 0.488 e. The zero-order valence-corrected chi connectivity index (χ0v) is 17.9. The molecule has 0 aromatic heterocycles. The first-order chi connectivity index (χ1) is 14.3. The van der Waals surface area contributed by atoms with Crippen molar-refractivity contribution in [2.75, 3.05) is 0 Å². The van der Waals surface area contributed by atoms with E-state index in [1.54, 1.807) is 43.3 Å². The fourth-order valence-electron chi connectivity index (χ4n) is 3.00. The number of para-hydroxylation sites is 1. The molecule has 0 aliphatic rings. The lowest BCUT2D eigenvalue weighted by molar-refractivity contribution is 0.0314. The zero-order valence-electron chi connectivity index (χ0n) is 17.1. The number of aryl methyl sites for hydroxylation is 2. The van der Waals surface area contributed by atoms with Crippen molar-refractivity contribution in [2.24, 2.45) is 0 Å². The van der Waals surface area contributed by atoms with Crippen LogP contribution in [-0.2, 0) is 11.3 Å². The molecule has 0 radical (unpaired) electrons. The minimum absolute atomic E-state index is 0.232. The monoisotopic (exact) mass is 422 g/mol. The second-order valence-electron chi connectivity index (χ2n) is 7.14. The van der Waals surface area contributed by atoms with Gasteiger partial charge in [0.1, 0.15) is 17.9 Å². The summed E-state index contributed by atoms with van der Waals surface area (Å²) < 4.78 is 11.3. The third-order valence-corrected chi connectivity index (χ3v) is 4.98. The van der Waals surface area contributed by atoms with E-state index in [0.29, 0.717) is 16.3 Å². The fraction of sp³-hybridized carbons (Fsp3) is 0.200. The Labute approximate surface area is 181 Å². The molecule has 3 rings (SSSR count). The summed E-state index contributed by atoms with van der Waals surface area (Å²) in [6.45, 7) is 5.64. The van der Waals surface area contributed by atoms with E-state index in [-0.39, 0.29) is 18.0 Å². The van der Waals surface area contributed by atoms with Crippen molar-refractivity contribution in [3.05, 3.63) is 99.6 Å². The van der Waals surface area contributed by atoms with E-state index in [9.17, 15) is 9.59 Å². The van der Waals surface area contributed by atoms with Crippen LogP contribution in [0.4, 0.5) is 0 Å². The van der Waals surface area contributed by atoms with Crippen molar-refractivity contribution in [2.45, 2.75) is 33.5 Å². The smallest absolute Gasteiger partial charge is 0.342 e. The molecule has 30 heavy (non-hydrogen) atoms. The quantitative estimate of drug-likeness (QED) is 0.348. The van der Waals surface area contributed by atoms with Gasteiger partial charge in [-0.25, -0.2) is 4.79 Å². The molecule has 4 nitrogen and oxygen atoms in total. The molecule has 0 saturated carbocycles. The summed E-state index contributed by atoms with van der Waals surface area (Å²) >= 11 is 5.90. The molecule has 3 aromatic carbocycles. The topological polar surface area (TPSA) is 52.6 Å². The van der Waals surface area contributed by atoms with Crippen molar-refractivity contribution in [3.8, 4) is 5.75 Å². The highest BCUT2D eigenvalue weighted by molar-refractivity contribution is 6.30. The van der Waals surface area contributed by atoms with Crippen molar-refractivity contribution < 1.29 is 19.1 Å². The molecule has 3 aromatic rings. The van der Waals surface area contributed by atoms with Crippen LogP contribution in [0.2, 0.25) is 5.02 Å². The molecule has 0 aliphatic carbocycles. The number of benzene rings is 3. The van der Waals surface area contributed by atoms with Gasteiger partial charge in [0.05, 0.1) is 0 Å². The summed E-state index contributed by atoms with van der Waals surface area (Å²) in [6.07, 6.45) is -0.915. The van der Waals surface area contributed by atoms with E-state index in [1.807, 2.05) is 44.2 Å². The van der Waals surface area contributed by atoms with Gasteiger partial charge in [0.2, 0.25) is 5.78 Å². The molecule has 0 bridgehead atoms. The van der Waals surface area contributed by atoms with E-state index in [0.717, 1.165) is 16.7 Å². The van der Waals surface area contributed by atoms with Crippen LogP contribution in [0, 0.1) is 13.8 Å². The van der Waals surface area contributed by atoms with E-state index < -0.39 is 12.1 Å². The highest BCUT2D eigenvalue weighted by atomic mass is 35.5. The first-order valence-electron chi connectivity index (χ1n) is 9.64. The third-order valence-electron chi connectivity index (χ3n) is 4.73. The van der Waals surface area contributed by atoms with Crippen LogP contribution in [-0.4, -0.2) is 17.9 Å². The molecule has 1 atom stereocenters. The predicted octanol–water partition coefficient (Wildman–Crippen LogP) is 5.96. The number of rotatable bonds is 7. The van der Waals surface area contributed by atoms with Gasteiger partial charge in [-0.05, 0) is 62.2 Å². The average Bonchev–Trinajstić information content (AvgIpc) is 2.74. The minimum atomic E-state index is -0.915. The van der Waals surface area contributed by atoms with Crippen LogP contribution < -0.4 is 4.74 Å². The Morgan fingerprint density at radius 1 is 0.933 bits per heavy atom. The van der Waals surface area contributed by atoms with Crippen molar-refractivity contribution in [1.29, 1.82) is 0 Å². The third kappa shape index (κ3) is 5.28. The Hall–Kier alpha value is -3.11. The van der Waals surface area contributed by atoms with E-state index in [2.05, 4.69) is 0 Å². The van der Waals surface area contributed by atoms with Crippen LogP contribution in [0.3, 0.4) is 0 Å². The zero-order chi connectivity index (χ0) is 21.7. The molecule has 0 saturated heterocycles. The van der Waals surface area contributed by atoms with Gasteiger partial charge in [0, 0.05) is 10.6 Å². The lowest BCUT2D eigenvalue weighted by atomic mass is 9.99. The Kier molecular flexibility index (Phi) is 6.91. The minimum Gasteiger partial charge on any atom is -0.488 e. The maximum atomic E-state index is 12.8. The maximum Gasteiger partial charge on any atom is 0.342 e. The maximum absolute atomic E-state index is 12.8. The number of esters is 1. The van der Waals surface area contributed by atoms with Crippen LogP contribution in [0.25, 0.3) is 0 Å². The van der Waals surface area contributed by atoms with Crippen LogP contribution >= 0.6 is 11.6 Å². The highest BCUT2D eigenvalue weighted by Crippen LogP contribution is 2.22. The van der Waals surface area contributed by atoms with E-state index in [1.165, 1.54) is 0 Å². The Morgan fingerprint density at radius 2 is 1.63 bits per heavy atom. The van der Waals surface area contributed by atoms with Crippen molar-refractivity contribution in [3.63, 3.8) is 0 Å². The molecular formula is C25H23ClO4. The number of halogens is 1. The van der Waals surface area contributed by atoms with Crippen LogP contribution in [0.15, 0.2) is 66.7 Å². The van der Waals surface area contributed by atoms with Gasteiger partial charge in [-0.1, -0.05) is 53.6 Å². The summed E-state index contributed by atoms with van der Waals surface area (Å²) in [7, 11) is 0. The molecule has 5 heteroatoms. The molecule has 0 spiro atoms. The van der Waals surface area contributed by atoms with Gasteiger partial charge < -0.3 is 9.47 Å². The second-order valence-corrected chi connectivity index (χ2v) is 7.58. The number of Topliss-reactive ketones (excluding diaryl/α,β-unsaturated/α-hetero) is 1. The van der Waals surface area contributed by atoms with E-state index >= 15 is 0 Å². The number of ether oxygens (including phenoxy) is 2. The summed E-state index contributed by atoms with van der Waals surface area (Å²) in [5.74, 6) is -0.444. The van der Waals surface area contributed by atoms with E-state index in [4.69, 9.17) is 21.1 Å². The summed E-state index contributed by atoms with van der Waals surface area (Å²) in [5.41, 5.74) is 3.57. The number of ketones is 1. The first kappa shape index (κ1) is 21.6. The van der Waals surface area contributed by atoms with Crippen molar-refractivity contribution in [1.82, 2.24) is 0 Å². The first-order valence-corrected chi connectivity index (χ1v) is 10.0. The SMILES string of the molecule is Cc1ccc(C)c(C(=O)[C@@H](C)OC(=O)c2ccccc2OCc2ccc(Cl)cc2)c1. The molecular weight excluding hydrogens is 400 g/mol. The number of hydrogen-bond donors (Lipinski definition) is 0. The van der Waals surface area contributed by atoms with Gasteiger partial charge >= 0.3 is 5.97 Å². The Balaban J connectivity index is 1.71. The van der Waals surface area contributed by atoms with Gasteiger partial charge in [-0.3, -0.25) is 4.79 Å². The standard InChI is InChI=1S/C25H23ClO4/c1-16-8-9-17(2)22(14-16)24(27)18(3)30-25(28)21-6-4-5-7-23(21)29-15-19-10-12-20(26)13-11-19/h4-14,18H,15H2,1-3H3/t18-/m1/s1. The number of carbonyl (C=O) groups is 2. The highest BCUT2D eigenvalue weighted by Gasteiger charge is 2.23. The fourth-order valence-corrected chi connectivity index (χ4v) is 3.13. The Bertz CT molecular complexity index is 1060. The molecule has 154 valence electrons. The van der Waals surface area contributed by atoms with Crippen LogP contribution in [0.1, 0.15) is 44.3 Å². The van der Waals surface area contributed by atoms with Gasteiger partial charge in [0.25, 0.3) is 0 Å². The molecule has 0 unspecified atom stereocenters. The lowest BCUT2D eigenvalue weighted by Crippen LogP contribution is -2.25. The molecule has 0 fully saturated rings. The molecule has 0 N–H and O–H groups in total. The normalized spacial score (nSPS) is 11.6. The second kappa shape index (κ2) is 9.59. The molecule has 0 amide bonds. The lowest BCUT2D eigenvalue weighted by Gasteiger charge is -2.16. The molecule has 0 heterocycles. The van der Waals surface area contributed by atoms with Gasteiger partial charge in [-0.2, -0.15) is 0 Å².